The molecule has 0 radical (unpaired) electrons. The van der Waals surface area contributed by atoms with Crippen molar-refractivity contribution in [1.29, 1.82) is 0 Å². The van der Waals surface area contributed by atoms with Crippen LogP contribution in [-0.4, -0.2) is 11.0 Å². The van der Waals surface area contributed by atoms with Crippen molar-refractivity contribution in [2.45, 2.75) is 6.54 Å². The van der Waals surface area contributed by atoms with E-state index in [-0.39, 0.29) is 6.03 Å². The van der Waals surface area contributed by atoms with Crippen LogP contribution in [0.5, 0.6) is 0 Å². The SMILES string of the molecule is O=C(NCc1ccccc1)Nc1cccc2cnc(Cl)cc12. The highest BCUT2D eigenvalue weighted by atomic mass is 35.5. The van der Waals surface area contributed by atoms with E-state index in [1.807, 2.05) is 48.5 Å². The third-order valence-electron chi connectivity index (χ3n) is 3.27. The summed E-state index contributed by atoms with van der Waals surface area (Å²) in [4.78, 5) is 16.1. The predicted octanol–water partition coefficient (Wildman–Crippen LogP) is 4.21. The summed E-state index contributed by atoms with van der Waals surface area (Å²) < 4.78 is 0. The minimum atomic E-state index is -0.260. The van der Waals surface area contributed by atoms with Crippen LogP contribution in [0.2, 0.25) is 5.15 Å². The van der Waals surface area contributed by atoms with Crippen LogP contribution in [0.15, 0.2) is 60.8 Å². The lowest BCUT2D eigenvalue weighted by molar-refractivity contribution is 0.252. The molecule has 1 heterocycles. The molecule has 0 saturated heterocycles. The van der Waals surface area contributed by atoms with Crippen molar-refractivity contribution < 1.29 is 4.79 Å². The molecule has 2 N–H and O–H groups in total. The third kappa shape index (κ3) is 3.35. The predicted molar refractivity (Wildman–Crippen MR) is 89.1 cm³/mol. The first kappa shape index (κ1) is 14.4. The Morgan fingerprint density at radius 3 is 2.73 bits per heavy atom. The van der Waals surface area contributed by atoms with Crippen LogP contribution in [0.3, 0.4) is 0 Å². The number of carbonyl (C=O) groups is 1. The Balaban J connectivity index is 1.73. The van der Waals surface area contributed by atoms with Gasteiger partial charge in [-0.05, 0) is 17.7 Å². The largest absolute Gasteiger partial charge is 0.334 e. The number of anilines is 1. The van der Waals surface area contributed by atoms with Crippen molar-refractivity contribution in [2.75, 3.05) is 5.32 Å². The first-order valence-corrected chi connectivity index (χ1v) is 7.23. The molecule has 0 aliphatic rings. The quantitative estimate of drug-likeness (QED) is 0.712. The van der Waals surface area contributed by atoms with E-state index in [4.69, 9.17) is 11.6 Å². The Kier molecular flexibility index (Phi) is 4.21. The lowest BCUT2D eigenvalue weighted by Crippen LogP contribution is -2.28. The first-order valence-electron chi connectivity index (χ1n) is 6.85. The summed E-state index contributed by atoms with van der Waals surface area (Å²) in [6.07, 6.45) is 1.69. The normalized spacial score (nSPS) is 10.4. The van der Waals surface area contributed by atoms with E-state index in [9.17, 15) is 4.79 Å². The highest BCUT2D eigenvalue weighted by Crippen LogP contribution is 2.24. The summed E-state index contributed by atoms with van der Waals surface area (Å²) in [5, 5.41) is 7.85. The second-order valence-electron chi connectivity index (χ2n) is 4.83. The average Bonchev–Trinajstić information content (AvgIpc) is 2.54. The van der Waals surface area contributed by atoms with Gasteiger partial charge in [-0.2, -0.15) is 0 Å². The molecule has 110 valence electrons. The van der Waals surface area contributed by atoms with E-state index >= 15 is 0 Å². The molecule has 0 bridgehead atoms. The molecule has 0 aliphatic carbocycles. The molecule has 1 aromatic heterocycles. The zero-order chi connectivity index (χ0) is 15.4. The molecule has 0 spiro atoms. The molecule has 4 nitrogen and oxygen atoms in total. The molecular formula is C17H14ClN3O. The van der Waals surface area contributed by atoms with Gasteiger partial charge >= 0.3 is 6.03 Å². The summed E-state index contributed by atoms with van der Waals surface area (Å²) in [5.41, 5.74) is 1.75. The summed E-state index contributed by atoms with van der Waals surface area (Å²) in [5.74, 6) is 0. The maximum atomic E-state index is 12.0. The van der Waals surface area contributed by atoms with Crippen LogP contribution in [-0.2, 0) is 6.54 Å². The maximum absolute atomic E-state index is 12.0. The molecule has 2 aromatic carbocycles. The molecule has 0 fully saturated rings. The van der Waals surface area contributed by atoms with E-state index in [0.29, 0.717) is 17.4 Å². The van der Waals surface area contributed by atoms with Crippen molar-refractivity contribution in [3.8, 4) is 0 Å². The molecule has 0 atom stereocenters. The third-order valence-corrected chi connectivity index (χ3v) is 3.48. The number of nitrogens with one attached hydrogen (secondary N) is 2. The lowest BCUT2D eigenvalue weighted by Gasteiger charge is -2.10. The van der Waals surface area contributed by atoms with Crippen molar-refractivity contribution in [1.82, 2.24) is 10.3 Å². The van der Waals surface area contributed by atoms with Crippen LogP contribution in [0.4, 0.5) is 10.5 Å². The Labute approximate surface area is 133 Å². The molecule has 0 aliphatic heterocycles. The summed E-state index contributed by atoms with van der Waals surface area (Å²) in [6, 6.07) is 16.8. The van der Waals surface area contributed by atoms with Gasteiger partial charge in [0.1, 0.15) is 5.15 Å². The number of amides is 2. The molecule has 3 rings (SSSR count). The Bertz CT molecular complexity index is 805. The van der Waals surface area contributed by atoms with Gasteiger partial charge in [0.25, 0.3) is 0 Å². The minimum absolute atomic E-state index is 0.260. The number of carbonyl (C=O) groups excluding carboxylic acids is 1. The fourth-order valence-electron chi connectivity index (χ4n) is 2.20. The summed E-state index contributed by atoms with van der Waals surface area (Å²) in [6.45, 7) is 0.472. The van der Waals surface area contributed by atoms with Gasteiger partial charge in [-0.3, -0.25) is 0 Å². The van der Waals surface area contributed by atoms with E-state index in [2.05, 4.69) is 15.6 Å². The zero-order valence-corrected chi connectivity index (χ0v) is 12.5. The highest BCUT2D eigenvalue weighted by molar-refractivity contribution is 6.30. The fourth-order valence-corrected chi connectivity index (χ4v) is 2.36. The fraction of sp³-hybridized carbons (Fsp3) is 0.0588. The summed E-state index contributed by atoms with van der Waals surface area (Å²) in [7, 11) is 0. The van der Waals surface area contributed by atoms with Crippen molar-refractivity contribution in [3.63, 3.8) is 0 Å². The number of hydrogen-bond acceptors (Lipinski definition) is 2. The van der Waals surface area contributed by atoms with Crippen LogP contribution in [0, 0.1) is 0 Å². The number of benzene rings is 2. The Morgan fingerprint density at radius 2 is 1.91 bits per heavy atom. The van der Waals surface area contributed by atoms with Gasteiger partial charge in [-0.1, -0.05) is 54.1 Å². The van der Waals surface area contributed by atoms with Gasteiger partial charge in [-0.15, -0.1) is 0 Å². The monoisotopic (exact) mass is 311 g/mol. The average molecular weight is 312 g/mol. The number of rotatable bonds is 3. The number of nitrogens with zero attached hydrogens (tertiary/aromatic N) is 1. The van der Waals surface area contributed by atoms with Crippen molar-refractivity contribution >= 4 is 34.1 Å². The number of hydrogen-bond donors (Lipinski definition) is 2. The lowest BCUT2D eigenvalue weighted by atomic mass is 10.1. The molecule has 0 saturated carbocycles. The van der Waals surface area contributed by atoms with Crippen LogP contribution in [0.25, 0.3) is 10.8 Å². The van der Waals surface area contributed by atoms with Gasteiger partial charge < -0.3 is 10.6 Å². The summed E-state index contributed by atoms with van der Waals surface area (Å²) >= 11 is 5.93. The van der Waals surface area contributed by atoms with Crippen molar-refractivity contribution in [2.24, 2.45) is 0 Å². The van der Waals surface area contributed by atoms with Gasteiger partial charge in [0.15, 0.2) is 0 Å². The number of fused-ring (bicyclic) bond motifs is 1. The second-order valence-corrected chi connectivity index (χ2v) is 5.21. The second kappa shape index (κ2) is 6.45. The smallest absolute Gasteiger partial charge is 0.319 e. The molecule has 3 aromatic rings. The van der Waals surface area contributed by atoms with Gasteiger partial charge in [0.05, 0.1) is 5.69 Å². The number of aromatic nitrogens is 1. The first-order chi connectivity index (χ1) is 10.7. The minimum Gasteiger partial charge on any atom is -0.334 e. The van der Waals surface area contributed by atoms with Crippen LogP contribution >= 0.6 is 11.6 Å². The van der Waals surface area contributed by atoms with E-state index in [1.54, 1.807) is 12.3 Å². The molecule has 0 unspecified atom stereocenters. The Morgan fingerprint density at radius 1 is 1.09 bits per heavy atom. The van der Waals surface area contributed by atoms with Gasteiger partial charge in [0.2, 0.25) is 0 Å². The van der Waals surface area contributed by atoms with E-state index in [1.165, 1.54) is 0 Å². The van der Waals surface area contributed by atoms with Crippen LogP contribution in [0.1, 0.15) is 5.56 Å². The standard InChI is InChI=1S/C17H14ClN3O/c18-16-9-14-13(11-19-16)7-4-8-15(14)21-17(22)20-10-12-5-2-1-3-6-12/h1-9,11H,10H2,(H2,20,21,22). The van der Waals surface area contributed by atoms with Gasteiger partial charge in [-0.25, -0.2) is 9.78 Å². The van der Waals surface area contributed by atoms with Crippen molar-refractivity contribution in [3.05, 3.63) is 71.5 Å². The zero-order valence-electron chi connectivity index (χ0n) is 11.7. The molecule has 5 heteroatoms. The number of pyridine rings is 1. The van der Waals surface area contributed by atoms with Gasteiger partial charge in [0, 0.05) is 23.5 Å². The molecular weight excluding hydrogens is 298 g/mol. The van der Waals surface area contributed by atoms with E-state index < -0.39 is 0 Å². The highest BCUT2D eigenvalue weighted by Gasteiger charge is 2.06. The van der Waals surface area contributed by atoms with E-state index in [0.717, 1.165) is 16.3 Å². The number of urea groups is 1. The number of halogens is 1. The topological polar surface area (TPSA) is 54.0 Å². The Hall–Kier alpha value is -2.59. The maximum Gasteiger partial charge on any atom is 0.319 e. The van der Waals surface area contributed by atoms with Crippen LogP contribution < -0.4 is 10.6 Å². The molecule has 2 amide bonds. The molecule has 22 heavy (non-hydrogen) atoms.